The summed E-state index contributed by atoms with van der Waals surface area (Å²) in [5.74, 6) is 1.26. The van der Waals surface area contributed by atoms with E-state index in [1.54, 1.807) is 35.2 Å². The zero-order valence-corrected chi connectivity index (χ0v) is 11.3. The lowest BCUT2D eigenvalue weighted by Crippen LogP contribution is -2.30. The van der Waals surface area contributed by atoms with Crippen LogP contribution in [0.1, 0.15) is 24.2 Å². The predicted octanol–water partition coefficient (Wildman–Crippen LogP) is 2.98. The summed E-state index contributed by atoms with van der Waals surface area (Å²) in [7, 11) is 1.82. The van der Waals surface area contributed by atoms with E-state index in [0.29, 0.717) is 18.1 Å². The first kappa shape index (κ1) is 14.3. The van der Waals surface area contributed by atoms with Gasteiger partial charge in [-0.05, 0) is 30.2 Å². The lowest BCUT2D eigenvalue weighted by molar-refractivity contribution is 0.0779. The monoisotopic (exact) mass is 247 g/mol. The number of amides is 1. The predicted molar refractivity (Wildman–Crippen MR) is 73.9 cm³/mol. The number of carbonyl (C=O) groups excluding carboxylic acids is 1. The fourth-order valence-electron chi connectivity index (χ4n) is 1.70. The van der Waals surface area contributed by atoms with Crippen molar-refractivity contribution in [1.82, 2.24) is 4.90 Å². The SMILES string of the molecule is C=CCOc1ccc(C(=O)N(C)CC(C)C)cc1. The van der Waals surface area contributed by atoms with Gasteiger partial charge < -0.3 is 9.64 Å². The summed E-state index contributed by atoms with van der Waals surface area (Å²) < 4.78 is 5.37. The summed E-state index contributed by atoms with van der Waals surface area (Å²) in [6.07, 6.45) is 1.69. The van der Waals surface area contributed by atoms with Gasteiger partial charge in [-0.25, -0.2) is 0 Å². The van der Waals surface area contributed by atoms with Gasteiger partial charge in [0.1, 0.15) is 12.4 Å². The van der Waals surface area contributed by atoms with Crippen molar-refractivity contribution in [3.05, 3.63) is 42.5 Å². The van der Waals surface area contributed by atoms with Gasteiger partial charge >= 0.3 is 0 Å². The van der Waals surface area contributed by atoms with Crippen molar-refractivity contribution in [2.75, 3.05) is 20.2 Å². The Morgan fingerprint density at radius 1 is 1.39 bits per heavy atom. The molecule has 1 amide bonds. The second-order valence-electron chi connectivity index (χ2n) is 4.70. The number of hydrogen-bond acceptors (Lipinski definition) is 2. The third-order valence-electron chi connectivity index (χ3n) is 2.45. The molecule has 0 bridgehead atoms. The van der Waals surface area contributed by atoms with Crippen molar-refractivity contribution < 1.29 is 9.53 Å². The van der Waals surface area contributed by atoms with Crippen LogP contribution in [0.4, 0.5) is 0 Å². The number of nitrogens with zero attached hydrogens (tertiary/aromatic N) is 1. The topological polar surface area (TPSA) is 29.5 Å². The molecule has 3 heteroatoms. The van der Waals surface area contributed by atoms with Crippen LogP contribution in [0.15, 0.2) is 36.9 Å². The molecule has 0 saturated carbocycles. The van der Waals surface area contributed by atoms with Crippen LogP contribution in [-0.4, -0.2) is 31.0 Å². The minimum Gasteiger partial charge on any atom is -0.490 e. The number of hydrogen-bond donors (Lipinski definition) is 0. The van der Waals surface area contributed by atoms with Crippen LogP contribution in [0.25, 0.3) is 0 Å². The summed E-state index contributed by atoms with van der Waals surface area (Å²) in [5, 5.41) is 0. The molecule has 0 aliphatic rings. The highest BCUT2D eigenvalue weighted by atomic mass is 16.5. The Hall–Kier alpha value is -1.77. The lowest BCUT2D eigenvalue weighted by atomic mass is 10.1. The molecule has 1 aromatic carbocycles. The molecule has 1 aromatic rings. The Kier molecular flexibility index (Phi) is 5.43. The molecule has 0 radical (unpaired) electrons. The number of carbonyl (C=O) groups is 1. The molecule has 3 nitrogen and oxygen atoms in total. The molecule has 0 aliphatic heterocycles. The average molecular weight is 247 g/mol. The molecule has 98 valence electrons. The summed E-state index contributed by atoms with van der Waals surface area (Å²) >= 11 is 0. The minimum atomic E-state index is 0.0407. The average Bonchev–Trinajstić information content (AvgIpc) is 2.35. The third kappa shape index (κ3) is 4.24. The molecule has 0 N–H and O–H groups in total. The maximum Gasteiger partial charge on any atom is 0.253 e. The Balaban J connectivity index is 2.66. The Morgan fingerprint density at radius 3 is 2.50 bits per heavy atom. The van der Waals surface area contributed by atoms with Crippen LogP contribution in [-0.2, 0) is 0 Å². The van der Waals surface area contributed by atoms with Crippen molar-refractivity contribution >= 4 is 5.91 Å². The van der Waals surface area contributed by atoms with Crippen LogP contribution in [0.3, 0.4) is 0 Å². The van der Waals surface area contributed by atoms with Gasteiger partial charge in [-0.1, -0.05) is 26.5 Å². The maximum atomic E-state index is 12.1. The van der Waals surface area contributed by atoms with Crippen molar-refractivity contribution in [2.45, 2.75) is 13.8 Å². The zero-order chi connectivity index (χ0) is 13.5. The van der Waals surface area contributed by atoms with E-state index in [9.17, 15) is 4.79 Å². The normalized spacial score (nSPS) is 10.2. The Bertz CT molecular complexity index is 395. The van der Waals surface area contributed by atoms with Gasteiger partial charge in [-0.3, -0.25) is 4.79 Å². The van der Waals surface area contributed by atoms with Gasteiger partial charge in [0.25, 0.3) is 5.91 Å². The molecule has 0 fully saturated rings. The van der Waals surface area contributed by atoms with Gasteiger partial charge in [-0.15, -0.1) is 0 Å². The van der Waals surface area contributed by atoms with E-state index < -0.39 is 0 Å². The van der Waals surface area contributed by atoms with Crippen molar-refractivity contribution in [2.24, 2.45) is 5.92 Å². The molecular formula is C15H21NO2. The molecule has 0 spiro atoms. The summed E-state index contributed by atoms with van der Waals surface area (Å²) in [4.78, 5) is 13.8. The first-order valence-electron chi connectivity index (χ1n) is 6.13. The highest BCUT2D eigenvalue weighted by Crippen LogP contribution is 2.13. The zero-order valence-electron chi connectivity index (χ0n) is 11.3. The highest BCUT2D eigenvalue weighted by molar-refractivity contribution is 5.94. The molecule has 0 saturated heterocycles. The van der Waals surface area contributed by atoms with Crippen LogP contribution in [0, 0.1) is 5.92 Å². The first-order chi connectivity index (χ1) is 8.54. The largest absolute Gasteiger partial charge is 0.490 e. The summed E-state index contributed by atoms with van der Waals surface area (Å²) in [6.45, 7) is 9.00. The van der Waals surface area contributed by atoms with E-state index in [2.05, 4.69) is 20.4 Å². The van der Waals surface area contributed by atoms with Crippen LogP contribution in [0.5, 0.6) is 5.75 Å². The molecule has 1 rings (SSSR count). The number of rotatable bonds is 6. The fourth-order valence-corrected chi connectivity index (χ4v) is 1.70. The first-order valence-corrected chi connectivity index (χ1v) is 6.13. The van der Waals surface area contributed by atoms with Crippen molar-refractivity contribution in [1.29, 1.82) is 0 Å². The standard InChI is InChI=1S/C15H21NO2/c1-5-10-18-14-8-6-13(7-9-14)15(17)16(4)11-12(2)3/h5-9,12H,1,10-11H2,2-4H3. The van der Waals surface area contributed by atoms with Gasteiger partial charge in [0.05, 0.1) is 0 Å². The molecule has 0 unspecified atom stereocenters. The quantitative estimate of drug-likeness (QED) is 0.723. The van der Waals surface area contributed by atoms with Gasteiger partial charge in [0.15, 0.2) is 0 Å². The van der Waals surface area contributed by atoms with Crippen molar-refractivity contribution in [3.8, 4) is 5.75 Å². The van der Waals surface area contributed by atoms with E-state index in [-0.39, 0.29) is 5.91 Å². The second kappa shape index (κ2) is 6.84. The van der Waals surface area contributed by atoms with Crippen molar-refractivity contribution in [3.63, 3.8) is 0 Å². The van der Waals surface area contributed by atoms with Crippen LogP contribution >= 0.6 is 0 Å². The van der Waals surface area contributed by atoms with Gasteiger partial charge in [0, 0.05) is 19.2 Å². The van der Waals surface area contributed by atoms with Crippen LogP contribution < -0.4 is 4.74 Å². The highest BCUT2D eigenvalue weighted by Gasteiger charge is 2.12. The number of ether oxygens (including phenoxy) is 1. The smallest absolute Gasteiger partial charge is 0.253 e. The van der Waals surface area contributed by atoms with E-state index in [4.69, 9.17) is 4.74 Å². The van der Waals surface area contributed by atoms with Gasteiger partial charge in [-0.2, -0.15) is 0 Å². The summed E-state index contributed by atoms with van der Waals surface area (Å²) in [6, 6.07) is 7.19. The molecular weight excluding hydrogens is 226 g/mol. The Morgan fingerprint density at radius 2 is 2.00 bits per heavy atom. The van der Waals surface area contributed by atoms with E-state index in [1.165, 1.54) is 0 Å². The molecule has 18 heavy (non-hydrogen) atoms. The second-order valence-corrected chi connectivity index (χ2v) is 4.70. The van der Waals surface area contributed by atoms with E-state index in [0.717, 1.165) is 12.3 Å². The number of benzene rings is 1. The lowest BCUT2D eigenvalue weighted by Gasteiger charge is -2.19. The maximum absolute atomic E-state index is 12.1. The Labute approximate surface area is 109 Å². The molecule has 0 heterocycles. The molecule has 0 aromatic heterocycles. The minimum absolute atomic E-state index is 0.0407. The fraction of sp³-hybridized carbons (Fsp3) is 0.400. The summed E-state index contributed by atoms with van der Waals surface area (Å²) in [5.41, 5.74) is 0.684. The van der Waals surface area contributed by atoms with E-state index in [1.807, 2.05) is 7.05 Å². The van der Waals surface area contributed by atoms with E-state index >= 15 is 0 Å². The third-order valence-corrected chi connectivity index (χ3v) is 2.45. The van der Waals surface area contributed by atoms with Gasteiger partial charge in [0.2, 0.25) is 0 Å². The molecule has 0 atom stereocenters. The molecule has 0 aliphatic carbocycles. The van der Waals surface area contributed by atoms with Crippen LogP contribution in [0.2, 0.25) is 0 Å².